The van der Waals surface area contributed by atoms with Gasteiger partial charge in [-0.25, -0.2) is 9.97 Å². The smallest absolute Gasteiger partial charge is 0.224 e. The number of nitrogens with zero attached hydrogens (tertiary/aromatic N) is 3. The van der Waals surface area contributed by atoms with Gasteiger partial charge in [0.2, 0.25) is 5.95 Å². The van der Waals surface area contributed by atoms with Crippen LogP contribution in [0, 0.1) is 6.92 Å². The summed E-state index contributed by atoms with van der Waals surface area (Å²) >= 11 is 0. The monoisotopic (exact) mass is 369 g/mol. The molecular weight excluding hydrogens is 350 g/mol. The van der Waals surface area contributed by atoms with Gasteiger partial charge in [-0.1, -0.05) is 6.07 Å². The lowest BCUT2D eigenvalue weighted by atomic mass is 10.1. The molecule has 0 aliphatic heterocycles. The van der Waals surface area contributed by atoms with E-state index >= 15 is 0 Å². The van der Waals surface area contributed by atoms with Crippen molar-refractivity contribution in [1.82, 2.24) is 24.9 Å². The normalized spacial score (nSPS) is 11.2. The SMILES string of the molecule is Cc1nc2cc(Nc3ccnc(NCc4ccc5[nH]ccc5c4)n3)ccc2[nH]1. The number of hydrogen-bond acceptors (Lipinski definition) is 5. The van der Waals surface area contributed by atoms with Crippen LogP contribution in [0.2, 0.25) is 0 Å². The molecule has 4 N–H and O–H groups in total. The molecule has 3 heterocycles. The highest BCUT2D eigenvalue weighted by Gasteiger charge is 2.04. The molecule has 0 spiro atoms. The lowest BCUT2D eigenvalue weighted by molar-refractivity contribution is 1.06. The van der Waals surface area contributed by atoms with E-state index < -0.39 is 0 Å². The lowest BCUT2D eigenvalue weighted by Gasteiger charge is -2.09. The quantitative estimate of drug-likeness (QED) is 0.366. The lowest BCUT2D eigenvalue weighted by Crippen LogP contribution is -2.05. The summed E-state index contributed by atoms with van der Waals surface area (Å²) in [5.41, 5.74) is 5.19. The molecule has 0 aliphatic rings. The van der Waals surface area contributed by atoms with Crippen molar-refractivity contribution in [1.29, 1.82) is 0 Å². The van der Waals surface area contributed by atoms with Crippen molar-refractivity contribution in [2.75, 3.05) is 10.6 Å². The Labute approximate surface area is 161 Å². The van der Waals surface area contributed by atoms with Gasteiger partial charge in [0.05, 0.1) is 11.0 Å². The van der Waals surface area contributed by atoms with Crippen LogP contribution in [-0.2, 0) is 6.54 Å². The largest absolute Gasteiger partial charge is 0.361 e. The van der Waals surface area contributed by atoms with Gasteiger partial charge in [0.25, 0.3) is 0 Å². The molecular formula is C21H19N7. The number of hydrogen-bond donors (Lipinski definition) is 4. The molecule has 138 valence electrons. The van der Waals surface area contributed by atoms with Crippen molar-refractivity contribution < 1.29 is 0 Å². The summed E-state index contributed by atoms with van der Waals surface area (Å²) in [4.78, 5) is 19.8. The summed E-state index contributed by atoms with van der Waals surface area (Å²) in [5, 5.41) is 7.80. The summed E-state index contributed by atoms with van der Waals surface area (Å²) < 4.78 is 0. The van der Waals surface area contributed by atoms with E-state index in [0.29, 0.717) is 12.5 Å². The first-order chi connectivity index (χ1) is 13.7. The second kappa shape index (κ2) is 6.70. The summed E-state index contributed by atoms with van der Waals surface area (Å²) in [5.74, 6) is 2.21. The number of H-pyrrole nitrogens is 2. The Morgan fingerprint density at radius 3 is 2.86 bits per heavy atom. The van der Waals surface area contributed by atoms with Crippen LogP contribution in [-0.4, -0.2) is 24.9 Å². The molecule has 5 aromatic rings. The van der Waals surface area contributed by atoms with E-state index in [1.54, 1.807) is 6.20 Å². The van der Waals surface area contributed by atoms with Crippen molar-refractivity contribution in [3.63, 3.8) is 0 Å². The van der Waals surface area contributed by atoms with E-state index in [2.05, 4.69) is 59.8 Å². The molecule has 28 heavy (non-hydrogen) atoms. The van der Waals surface area contributed by atoms with Gasteiger partial charge >= 0.3 is 0 Å². The zero-order valence-electron chi connectivity index (χ0n) is 15.3. The van der Waals surface area contributed by atoms with E-state index in [9.17, 15) is 0 Å². The Hall–Kier alpha value is -3.87. The Morgan fingerprint density at radius 1 is 0.964 bits per heavy atom. The number of rotatable bonds is 5. The van der Waals surface area contributed by atoms with Crippen LogP contribution in [0.5, 0.6) is 0 Å². The molecule has 3 aromatic heterocycles. The van der Waals surface area contributed by atoms with Crippen molar-refractivity contribution >= 4 is 39.4 Å². The maximum Gasteiger partial charge on any atom is 0.224 e. The highest BCUT2D eigenvalue weighted by atomic mass is 15.1. The van der Waals surface area contributed by atoms with E-state index in [1.807, 2.05) is 37.4 Å². The highest BCUT2D eigenvalue weighted by molar-refractivity contribution is 5.81. The first kappa shape index (κ1) is 16.3. The number of nitrogens with one attached hydrogen (secondary N) is 4. The summed E-state index contributed by atoms with van der Waals surface area (Å²) in [6.07, 6.45) is 3.69. The minimum absolute atomic E-state index is 0.579. The molecule has 7 nitrogen and oxygen atoms in total. The number of anilines is 3. The van der Waals surface area contributed by atoms with Gasteiger partial charge in [0.15, 0.2) is 0 Å². The maximum atomic E-state index is 4.55. The number of aryl methyl sites for hydroxylation is 1. The van der Waals surface area contributed by atoms with Gasteiger partial charge in [-0.2, -0.15) is 4.98 Å². The van der Waals surface area contributed by atoms with Gasteiger partial charge in [0, 0.05) is 30.1 Å². The molecule has 2 aromatic carbocycles. The topological polar surface area (TPSA) is 94.3 Å². The first-order valence-electron chi connectivity index (χ1n) is 9.09. The standard InChI is InChI=1S/C21H19N7/c1-13-25-18-5-3-16(11-19(18)26-13)27-20-7-9-23-21(28-20)24-12-14-2-4-17-15(10-14)6-8-22-17/h2-11,22H,12H2,1H3,(H,25,26)(H2,23,24,27,28). The van der Waals surface area contributed by atoms with Gasteiger partial charge in [-0.05, 0) is 60.3 Å². The van der Waals surface area contributed by atoms with E-state index in [1.165, 1.54) is 10.9 Å². The maximum absolute atomic E-state index is 4.55. The number of fused-ring (bicyclic) bond motifs is 2. The summed E-state index contributed by atoms with van der Waals surface area (Å²) in [6.45, 7) is 2.60. The van der Waals surface area contributed by atoms with Crippen LogP contribution in [0.4, 0.5) is 17.5 Å². The van der Waals surface area contributed by atoms with Crippen molar-refractivity contribution in [3.05, 3.63) is 72.3 Å². The molecule has 0 atom stereocenters. The summed E-state index contributed by atoms with van der Waals surface area (Å²) in [7, 11) is 0. The Bertz CT molecular complexity index is 1270. The van der Waals surface area contributed by atoms with Crippen molar-refractivity contribution in [2.45, 2.75) is 13.5 Å². The zero-order valence-corrected chi connectivity index (χ0v) is 15.3. The second-order valence-corrected chi connectivity index (χ2v) is 6.70. The van der Waals surface area contributed by atoms with Gasteiger partial charge in [0.1, 0.15) is 11.6 Å². The molecule has 0 amide bonds. The molecule has 0 radical (unpaired) electrons. The van der Waals surface area contributed by atoms with E-state index in [-0.39, 0.29) is 0 Å². The Balaban J connectivity index is 1.30. The fourth-order valence-electron chi connectivity index (χ4n) is 3.27. The number of imidazole rings is 1. The Kier molecular flexibility index (Phi) is 3.90. The van der Waals surface area contributed by atoms with Crippen LogP contribution in [0.25, 0.3) is 21.9 Å². The molecule has 0 saturated heterocycles. The third-order valence-corrected chi connectivity index (χ3v) is 4.60. The second-order valence-electron chi connectivity index (χ2n) is 6.70. The van der Waals surface area contributed by atoms with Gasteiger partial charge < -0.3 is 20.6 Å². The number of aromatic amines is 2. The van der Waals surface area contributed by atoms with Crippen LogP contribution in [0.15, 0.2) is 60.9 Å². The Morgan fingerprint density at radius 2 is 1.89 bits per heavy atom. The van der Waals surface area contributed by atoms with Crippen molar-refractivity contribution in [3.8, 4) is 0 Å². The number of benzene rings is 2. The first-order valence-corrected chi connectivity index (χ1v) is 9.09. The van der Waals surface area contributed by atoms with Crippen LogP contribution < -0.4 is 10.6 Å². The predicted molar refractivity (Wildman–Crippen MR) is 112 cm³/mol. The molecule has 0 saturated carbocycles. The van der Waals surface area contributed by atoms with E-state index in [4.69, 9.17) is 0 Å². The average molecular weight is 369 g/mol. The average Bonchev–Trinajstić information content (AvgIpc) is 3.31. The molecule has 0 unspecified atom stereocenters. The molecule has 0 fully saturated rings. The number of aromatic nitrogens is 5. The minimum Gasteiger partial charge on any atom is -0.361 e. The predicted octanol–water partition coefficient (Wildman–Crippen LogP) is 4.50. The highest BCUT2D eigenvalue weighted by Crippen LogP contribution is 2.21. The fraction of sp³-hybridized carbons (Fsp3) is 0.0952. The van der Waals surface area contributed by atoms with Crippen LogP contribution >= 0.6 is 0 Å². The molecule has 0 aliphatic carbocycles. The van der Waals surface area contributed by atoms with E-state index in [0.717, 1.165) is 33.9 Å². The van der Waals surface area contributed by atoms with Crippen LogP contribution in [0.1, 0.15) is 11.4 Å². The third kappa shape index (κ3) is 3.25. The zero-order chi connectivity index (χ0) is 18.9. The van der Waals surface area contributed by atoms with Gasteiger partial charge in [-0.3, -0.25) is 0 Å². The molecule has 5 rings (SSSR count). The molecule has 7 heteroatoms. The minimum atomic E-state index is 0.579. The van der Waals surface area contributed by atoms with Gasteiger partial charge in [-0.15, -0.1) is 0 Å². The van der Waals surface area contributed by atoms with Crippen LogP contribution in [0.3, 0.4) is 0 Å². The van der Waals surface area contributed by atoms with Crippen molar-refractivity contribution in [2.24, 2.45) is 0 Å². The molecule has 0 bridgehead atoms. The fourth-order valence-corrected chi connectivity index (χ4v) is 3.27. The third-order valence-electron chi connectivity index (χ3n) is 4.60. The summed E-state index contributed by atoms with van der Waals surface area (Å²) in [6, 6.07) is 16.3.